The molecule has 0 saturated carbocycles. The van der Waals surface area contributed by atoms with Gasteiger partial charge in [0.2, 0.25) is 0 Å². The summed E-state index contributed by atoms with van der Waals surface area (Å²) in [6.07, 6.45) is 2.33. The number of aromatic nitrogens is 3. The van der Waals surface area contributed by atoms with Gasteiger partial charge >= 0.3 is 6.03 Å². The summed E-state index contributed by atoms with van der Waals surface area (Å²) in [6, 6.07) is 4.63. The van der Waals surface area contributed by atoms with E-state index >= 15 is 0 Å². The lowest BCUT2D eigenvalue weighted by Crippen LogP contribution is -2.43. The highest BCUT2D eigenvalue weighted by Crippen LogP contribution is 2.20. The number of urea groups is 1. The lowest BCUT2D eigenvalue weighted by Gasteiger charge is -2.18. The molecule has 1 atom stereocenters. The molecule has 1 saturated heterocycles. The molecule has 24 heavy (non-hydrogen) atoms. The van der Waals surface area contributed by atoms with Crippen molar-refractivity contribution < 1.29 is 9.18 Å². The number of amides is 2. The average molecular weight is 332 g/mol. The largest absolute Gasteiger partial charge is 0.352 e. The first kappa shape index (κ1) is 16.2. The van der Waals surface area contributed by atoms with Crippen molar-refractivity contribution in [1.29, 1.82) is 0 Å². The molecule has 2 aromatic rings. The molecule has 1 aliphatic heterocycles. The molecule has 2 N–H and O–H groups in total. The Morgan fingerprint density at radius 1 is 1.50 bits per heavy atom. The van der Waals surface area contributed by atoms with E-state index in [0.717, 1.165) is 17.8 Å². The van der Waals surface area contributed by atoms with E-state index in [2.05, 4.69) is 20.7 Å². The molecular weight excluding hydrogens is 311 g/mol. The third-order valence-corrected chi connectivity index (χ3v) is 4.09. The van der Waals surface area contributed by atoms with Gasteiger partial charge in [0.1, 0.15) is 0 Å². The Bertz CT molecular complexity index is 731. The number of carbonyl (C=O) groups excluding carboxylic acids is 1. The minimum absolute atomic E-state index is 0.0281. The Kier molecular flexibility index (Phi) is 4.64. The second-order valence-electron chi connectivity index (χ2n) is 5.97. The number of halogens is 1. The molecule has 1 fully saturated rings. The van der Waals surface area contributed by atoms with Gasteiger partial charge in [0, 0.05) is 32.4 Å². The van der Waals surface area contributed by atoms with E-state index in [9.17, 15) is 9.18 Å². The van der Waals surface area contributed by atoms with Gasteiger partial charge in [-0.2, -0.15) is 5.10 Å². The number of nitrogens with zero attached hydrogens (tertiary/aromatic N) is 4. The zero-order valence-corrected chi connectivity index (χ0v) is 13.8. The van der Waals surface area contributed by atoms with Gasteiger partial charge in [0.05, 0.1) is 17.9 Å². The normalized spacial score (nSPS) is 17.1. The van der Waals surface area contributed by atoms with Crippen LogP contribution in [-0.4, -0.2) is 39.9 Å². The van der Waals surface area contributed by atoms with E-state index in [1.165, 1.54) is 6.07 Å². The molecule has 0 bridgehead atoms. The summed E-state index contributed by atoms with van der Waals surface area (Å²) in [7, 11) is 1.85. The van der Waals surface area contributed by atoms with Gasteiger partial charge in [-0.05, 0) is 31.5 Å². The minimum atomic E-state index is -0.339. The monoisotopic (exact) mass is 332 g/mol. The Balaban J connectivity index is 1.49. The summed E-state index contributed by atoms with van der Waals surface area (Å²) in [5, 5.41) is 9.99. The van der Waals surface area contributed by atoms with Crippen LogP contribution in [0.3, 0.4) is 0 Å². The Labute approximate surface area is 139 Å². The third kappa shape index (κ3) is 3.64. The number of rotatable bonds is 4. The zero-order chi connectivity index (χ0) is 17.1. The van der Waals surface area contributed by atoms with Crippen LogP contribution in [-0.2, 0) is 13.6 Å². The lowest BCUT2D eigenvalue weighted by molar-refractivity contribution is 0.237. The average Bonchev–Trinajstić information content (AvgIpc) is 3.12. The van der Waals surface area contributed by atoms with Crippen molar-refractivity contribution in [3.05, 3.63) is 41.6 Å². The first-order valence-corrected chi connectivity index (χ1v) is 7.92. The highest BCUT2D eigenvalue weighted by molar-refractivity contribution is 5.74. The Morgan fingerprint density at radius 2 is 2.33 bits per heavy atom. The predicted octanol–water partition coefficient (Wildman–Crippen LogP) is 1.34. The van der Waals surface area contributed by atoms with Crippen LogP contribution in [0, 0.1) is 12.7 Å². The quantitative estimate of drug-likeness (QED) is 0.886. The molecule has 0 aromatic carbocycles. The van der Waals surface area contributed by atoms with E-state index in [1.54, 1.807) is 16.9 Å². The van der Waals surface area contributed by atoms with Crippen LogP contribution in [0.5, 0.6) is 0 Å². The van der Waals surface area contributed by atoms with Gasteiger partial charge in [0.15, 0.2) is 11.6 Å². The molecule has 3 rings (SSSR count). The van der Waals surface area contributed by atoms with Crippen LogP contribution in [0.4, 0.5) is 15.0 Å². The molecule has 7 nitrogen and oxygen atoms in total. The Hall–Kier alpha value is -2.64. The fraction of sp³-hybridized carbons (Fsp3) is 0.438. The zero-order valence-electron chi connectivity index (χ0n) is 13.8. The van der Waals surface area contributed by atoms with Crippen LogP contribution in [0.2, 0.25) is 0 Å². The SMILES string of the molecule is Cc1cc(CNC(=O)NC2CCN(c3ncccc3F)C2)n(C)n1. The topological polar surface area (TPSA) is 75.1 Å². The molecule has 2 amide bonds. The molecule has 3 heterocycles. The summed E-state index contributed by atoms with van der Waals surface area (Å²) in [5.74, 6) is 0.00162. The smallest absolute Gasteiger partial charge is 0.315 e. The van der Waals surface area contributed by atoms with Gasteiger partial charge in [-0.15, -0.1) is 0 Å². The summed E-state index contributed by atoms with van der Waals surface area (Å²) in [4.78, 5) is 18.0. The van der Waals surface area contributed by atoms with Gasteiger partial charge in [-0.3, -0.25) is 4.68 Å². The number of anilines is 1. The van der Waals surface area contributed by atoms with Crippen molar-refractivity contribution in [3.63, 3.8) is 0 Å². The number of nitrogens with one attached hydrogen (secondary N) is 2. The van der Waals surface area contributed by atoms with Gasteiger partial charge in [0.25, 0.3) is 0 Å². The van der Waals surface area contributed by atoms with Crippen molar-refractivity contribution >= 4 is 11.8 Å². The number of hydrogen-bond donors (Lipinski definition) is 2. The third-order valence-electron chi connectivity index (χ3n) is 4.09. The highest BCUT2D eigenvalue weighted by Gasteiger charge is 2.26. The summed E-state index contributed by atoms with van der Waals surface area (Å²) in [5.41, 5.74) is 1.85. The van der Waals surface area contributed by atoms with E-state index in [1.807, 2.05) is 24.9 Å². The van der Waals surface area contributed by atoms with Crippen LogP contribution in [0.25, 0.3) is 0 Å². The second kappa shape index (κ2) is 6.86. The van der Waals surface area contributed by atoms with Crippen molar-refractivity contribution in [2.24, 2.45) is 7.05 Å². The molecule has 0 radical (unpaired) electrons. The van der Waals surface area contributed by atoms with E-state index in [0.29, 0.717) is 25.5 Å². The second-order valence-corrected chi connectivity index (χ2v) is 5.97. The molecule has 0 aliphatic carbocycles. The predicted molar refractivity (Wildman–Crippen MR) is 88.1 cm³/mol. The summed E-state index contributed by atoms with van der Waals surface area (Å²) >= 11 is 0. The standard InChI is InChI=1S/C16H21FN6O/c1-11-8-13(22(2)21-11)9-19-16(24)20-12-5-7-23(10-12)15-14(17)4-3-6-18-15/h3-4,6,8,12H,5,7,9-10H2,1-2H3,(H2,19,20,24). The molecular formula is C16H21FN6O. The molecule has 0 spiro atoms. The maximum absolute atomic E-state index is 13.8. The van der Waals surface area contributed by atoms with E-state index in [4.69, 9.17) is 0 Å². The fourth-order valence-electron chi connectivity index (χ4n) is 2.92. The van der Waals surface area contributed by atoms with Crippen molar-refractivity contribution in [1.82, 2.24) is 25.4 Å². The molecule has 2 aromatic heterocycles. The minimum Gasteiger partial charge on any atom is -0.352 e. The Morgan fingerprint density at radius 3 is 3.04 bits per heavy atom. The number of pyridine rings is 1. The van der Waals surface area contributed by atoms with Gasteiger partial charge in [-0.1, -0.05) is 0 Å². The van der Waals surface area contributed by atoms with Crippen molar-refractivity contribution in [2.75, 3.05) is 18.0 Å². The number of carbonyl (C=O) groups is 1. The number of hydrogen-bond acceptors (Lipinski definition) is 4. The first-order chi connectivity index (χ1) is 11.5. The molecule has 8 heteroatoms. The summed E-state index contributed by atoms with van der Waals surface area (Å²) in [6.45, 7) is 3.54. The van der Waals surface area contributed by atoms with E-state index in [-0.39, 0.29) is 17.9 Å². The van der Waals surface area contributed by atoms with Crippen LogP contribution < -0.4 is 15.5 Å². The van der Waals surface area contributed by atoms with Gasteiger partial charge < -0.3 is 15.5 Å². The van der Waals surface area contributed by atoms with Crippen LogP contribution >= 0.6 is 0 Å². The lowest BCUT2D eigenvalue weighted by atomic mass is 10.3. The molecule has 128 valence electrons. The van der Waals surface area contributed by atoms with Crippen LogP contribution in [0.1, 0.15) is 17.8 Å². The van der Waals surface area contributed by atoms with Crippen molar-refractivity contribution in [2.45, 2.75) is 25.9 Å². The number of aryl methyl sites for hydroxylation is 2. The van der Waals surface area contributed by atoms with E-state index < -0.39 is 0 Å². The highest BCUT2D eigenvalue weighted by atomic mass is 19.1. The fourth-order valence-corrected chi connectivity index (χ4v) is 2.92. The first-order valence-electron chi connectivity index (χ1n) is 7.92. The molecule has 1 unspecified atom stereocenters. The van der Waals surface area contributed by atoms with Gasteiger partial charge in [-0.25, -0.2) is 14.2 Å². The summed E-state index contributed by atoms with van der Waals surface area (Å²) < 4.78 is 15.5. The molecule has 1 aliphatic rings. The maximum Gasteiger partial charge on any atom is 0.315 e. The maximum atomic E-state index is 13.8. The van der Waals surface area contributed by atoms with Crippen LogP contribution in [0.15, 0.2) is 24.4 Å². The van der Waals surface area contributed by atoms with Crippen molar-refractivity contribution in [3.8, 4) is 0 Å².